The number of hydrogen-bond acceptors (Lipinski definition) is 2. The molecule has 2 nitrogen and oxygen atoms in total. The average Bonchev–Trinajstić information content (AvgIpc) is 2.42. The summed E-state index contributed by atoms with van der Waals surface area (Å²) >= 11 is 0. The molecule has 18 heavy (non-hydrogen) atoms. The lowest BCUT2D eigenvalue weighted by Crippen LogP contribution is -1.92. The Bertz CT molecular complexity index is 312. The van der Waals surface area contributed by atoms with Crippen LogP contribution in [-0.4, -0.2) is 14.2 Å². The Morgan fingerprint density at radius 1 is 0.778 bits per heavy atom. The fraction of sp³-hybridized carbons (Fsp3) is 0.625. The molecule has 2 heteroatoms. The van der Waals surface area contributed by atoms with E-state index in [4.69, 9.17) is 9.47 Å². The van der Waals surface area contributed by atoms with Crippen LogP contribution in [0.15, 0.2) is 18.2 Å². The van der Waals surface area contributed by atoms with Gasteiger partial charge < -0.3 is 9.47 Å². The third-order valence-electron chi connectivity index (χ3n) is 3.23. The molecule has 0 atom stereocenters. The summed E-state index contributed by atoms with van der Waals surface area (Å²) in [4.78, 5) is 0. The van der Waals surface area contributed by atoms with Gasteiger partial charge in [-0.1, -0.05) is 39.0 Å². The summed E-state index contributed by atoms with van der Waals surface area (Å²) in [6, 6.07) is 6.13. The average molecular weight is 250 g/mol. The Hall–Kier alpha value is -1.18. The summed E-state index contributed by atoms with van der Waals surface area (Å²) in [6.07, 6.45) is 9.09. The van der Waals surface area contributed by atoms with Crippen LogP contribution in [0.3, 0.4) is 0 Å². The van der Waals surface area contributed by atoms with Gasteiger partial charge in [0.05, 0.1) is 14.2 Å². The van der Waals surface area contributed by atoms with E-state index in [1.807, 2.05) is 6.07 Å². The monoisotopic (exact) mass is 250 g/mol. The van der Waals surface area contributed by atoms with Crippen molar-refractivity contribution in [1.82, 2.24) is 0 Å². The van der Waals surface area contributed by atoms with Crippen molar-refractivity contribution in [2.24, 2.45) is 0 Å². The molecule has 0 saturated carbocycles. The standard InChI is InChI=1S/C16H26O2/c1-4-5-6-7-8-9-10-14-11-15(17-2)13-16(12-14)18-3/h11-13H,4-10H2,1-3H3. The second-order valence-electron chi connectivity index (χ2n) is 4.74. The van der Waals surface area contributed by atoms with Crippen LogP contribution >= 0.6 is 0 Å². The minimum absolute atomic E-state index is 0.885. The fourth-order valence-corrected chi connectivity index (χ4v) is 2.12. The predicted molar refractivity (Wildman–Crippen MR) is 76.6 cm³/mol. The van der Waals surface area contributed by atoms with Crippen LogP contribution in [-0.2, 0) is 6.42 Å². The molecule has 0 aromatic heterocycles. The predicted octanol–water partition coefficient (Wildman–Crippen LogP) is 4.61. The lowest BCUT2D eigenvalue weighted by atomic mass is 10.0. The number of ether oxygens (including phenoxy) is 2. The molecule has 0 saturated heterocycles. The Morgan fingerprint density at radius 2 is 1.33 bits per heavy atom. The molecule has 1 aromatic rings. The van der Waals surface area contributed by atoms with Crippen molar-refractivity contribution in [1.29, 1.82) is 0 Å². The highest BCUT2D eigenvalue weighted by atomic mass is 16.5. The number of unbranched alkanes of at least 4 members (excludes halogenated alkanes) is 5. The molecule has 1 rings (SSSR count). The molecular formula is C16H26O2. The van der Waals surface area contributed by atoms with Crippen molar-refractivity contribution in [3.05, 3.63) is 23.8 Å². The van der Waals surface area contributed by atoms with Crippen LogP contribution in [0.5, 0.6) is 11.5 Å². The number of hydrogen-bond donors (Lipinski definition) is 0. The van der Waals surface area contributed by atoms with Crippen molar-refractivity contribution in [2.75, 3.05) is 14.2 Å². The van der Waals surface area contributed by atoms with E-state index in [0.717, 1.165) is 17.9 Å². The van der Waals surface area contributed by atoms with Crippen LogP contribution in [0.25, 0.3) is 0 Å². The normalized spacial score (nSPS) is 10.4. The van der Waals surface area contributed by atoms with E-state index in [1.54, 1.807) is 14.2 Å². The van der Waals surface area contributed by atoms with Gasteiger partial charge in [0.1, 0.15) is 11.5 Å². The van der Waals surface area contributed by atoms with Gasteiger partial charge in [-0.3, -0.25) is 0 Å². The minimum atomic E-state index is 0.885. The first kappa shape index (κ1) is 14.9. The molecule has 0 aliphatic heterocycles. The van der Waals surface area contributed by atoms with Gasteiger partial charge in [0, 0.05) is 6.07 Å². The summed E-state index contributed by atoms with van der Waals surface area (Å²) in [5.74, 6) is 1.77. The first-order chi connectivity index (χ1) is 8.80. The van der Waals surface area contributed by atoms with Crippen molar-refractivity contribution >= 4 is 0 Å². The molecule has 0 aliphatic carbocycles. The van der Waals surface area contributed by atoms with E-state index < -0.39 is 0 Å². The summed E-state index contributed by atoms with van der Waals surface area (Å²) < 4.78 is 10.6. The van der Waals surface area contributed by atoms with Crippen LogP contribution in [0.2, 0.25) is 0 Å². The second kappa shape index (κ2) is 8.84. The largest absolute Gasteiger partial charge is 0.497 e. The summed E-state index contributed by atoms with van der Waals surface area (Å²) in [5.41, 5.74) is 1.31. The molecule has 0 unspecified atom stereocenters. The van der Waals surface area contributed by atoms with Gasteiger partial charge in [-0.15, -0.1) is 0 Å². The quantitative estimate of drug-likeness (QED) is 0.596. The molecule has 0 N–H and O–H groups in total. The molecular weight excluding hydrogens is 224 g/mol. The molecule has 0 radical (unpaired) electrons. The molecule has 0 spiro atoms. The van der Waals surface area contributed by atoms with E-state index in [-0.39, 0.29) is 0 Å². The van der Waals surface area contributed by atoms with Gasteiger partial charge in [-0.2, -0.15) is 0 Å². The van der Waals surface area contributed by atoms with Gasteiger partial charge in [-0.25, -0.2) is 0 Å². The van der Waals surface area contributed by atoms with Gasteiger partial charge in [0.15, 0.2) is 0 Å². The van der Waals surface area contributed by atoms with Gasteiger partial charge in [-0.05, 0) is 30.5 Å². The molecule has 0 amide bonds. The van der Waals surface area contributed by atoms with Crippen molar-refractivity contribution in [3.63, 3.8) is 0 Å². The van der Waals surface area contributed by atoms with Gasteiger partial charge >= 0.3 is 0 Å². The van der Waals surface area contributed by atoms with Crippen LogP contribution in [0.4, 0.5) is 0 Å². The number of methoxy groups -OCH3 is 2. The van der Waals surface area contributed by atoms with E-state index in [0.29, 0.717) is 0 Å². The summed E-state index contributed by atoms with van der Waals surface area (Å²) in [6.45, 7) is 2.25. The molecule has 0 heterocycles. The number of aryl methyl sites for hydroxylation is 1. The molecule has 0 fully saturated rings. The third-order valence-corrected chi connectivity index (χ3v) is 3.23. The molecule has 102 valence electrons. The smallest absolute Gasteiger partial charge is 0.122 e. The molecule has 0 aliphatic rings. The maximum absolute atomic E-state index is 5.28. The molecule has 1 aromatic carbocycles. The summed E-state index contributed by atoms with van der Waals surface area (Å²) in [5, 5.41) is 0. The van der Waals surface area contributed by atoms with E-state index in [9.17, 15) is 0 Å². The topological polar surface area (TPSA) is 18.5 Å². The van der Waals surface area contributed by atoms with E-state index >= 15 is 0 Å². The van der Waals surface area contributed by atoms with Crippen molar-refractivity contribution in [2.45, 2.75) is 51.9 Å². The fourth-order valence-electron chi connectivity index (χ4n) is 2.12. The van der Waals surface area contributed by atoms with E-state index in [2.05, 4.69) is 19.1 Å². The Kier molecular flexibility index (Phi) is 7.31. The summed E-state index contributed by atoms with van der Waals surface area (Å²) in [7, 11) is 3.40. The Balaban J connectivity index is 2.36. The Labute approximate surface area is 111 Å². The maximum Gasteiger partial charge on any atom is 0.122 e. The zero-order chi connectivity index (χ0) is 13.2. The minimum Gasteiger partial charge on any atom is -0.497 e. The SMILES string of the molecule is CCCCCCCCc1cc(OC)cc(OC)c1. The zero-order valence-corrected chi connectivity index (χ0v) is 12.0. The number of rotatable bonds is 9. The first-order valence-electron chi connectivity index (χ1n) is 7.02. The van der Waals surface area contributed by atoms with Crippen LogP contribution < -0.4 is 9.47 Å². The lowest BCUT2D eigenvalue weighted by molar-refractivity contribution is 0.393. The highest BCUT2D eigenvalue weighted by molar-refractivity contribution is 5.38. The third kappa shape index (κ3) is 5.44. The van der Waals surface area contributed by atoms with Crippen LogP contribution in [0, 0.1) is 0 Å². The van der Waals surface area contributed by atoms with Gasteiger partial charge in [0.25, 0.3) is 0 Å². The van der Waals surface area contributed by atoms with E-state index in [1.165, 1.54) is 44.1 Å². The van der Waals surface area contributed by atoms with Crippen molar-refractivity contribution in [3.8, 4) is 11.5 Å². The highest BCUT2D eigenvalue weighted by Crippen LogP contribution is 2.23. The Morgan fingerprint density at radius 3 is 1.89 bits per heavy atom. The lowest BCUT2D eigenvalue weighted by Gasteiger charge is -2.08. The zero-order valence-electron chi connectivity index (χ0n) is 12.0. The van der Waals surface area contributed by atoms with Crippen molar-refractivity contribution < 1.29 is 9.47 Å². The van der Waals surface area contributed by atoms with Crippen LogP contribution in [0.1, 0.15) is 51.0 Å². The van der Waals surface area contributed by atoms with Gasteiger partial charge in [0.2, 0.25) is 0 Å². The second-order valence-corrected chi connectivity index (χ2v) is 4.74. The highest BCUT2D eigenvalue weighted by Gasteiger charge is 2.01. The molecule has 0 bridgehead atoms. The number of benzene rings is 1. The maximum atomic E-state index is 5.28. The first-order valence-corrected chi connectivity index (χ1v) is 7.02.